The van der Waals surface area contributed by atoms with Gasteiger partial charge in [-0.2, -0.15) is 4.98 Å². The van der Waals surface area contributed by atoms with Crippen LogP contribution in [0.5, 0.6) is 0 Å². The second-order valence-electron chi connectivity index (χ2n) is 6.28. The van der Waals surface area contributed by atoms with Gasteiger partial charge in [0, 0.05) is 24.0 Å². The summed E-state index contributed by atoms with van der Waals surface area (Å²) in [6, 6.07) is 13.5. The van der Waals surface area contributed by atoms with Crippen molar-refractivity contribution in [1.82, 2.24) is 15.0 Å². The Morgan fingerprint density at radius 2 is 1.88 bits per heavy atom. The van der Waals surface area contributed by atoms with E-state index in [0.717, 1.165) is 11.4 Å². The number of aliphatic hydroxyl groups is 1. The lowest BCUT2D eigenvalue weighted by molar-refractivity contribution is 0.281. The Morgan fingerprint density at radius 3 is 2.62 bits per heavy atom. The van der Waals surface area contributed by atoms with Crippen LogP contribution in [0.3, 0.4) is 0 Å². The lowest BCUT2D eigenvalue weighted by Gasteiger charge is -2.15. The van der Waals surface area contributed by atoms with Crippen LogP contribution < -0.4 is 10.6 Å². The van der Waals surface area contributed by atoms with Gasteiger partial charge < -0.3 is 15.7 Å². The second-order valence-corrected chi connectivity index (χ2v) is 6.28. The molecule has 1 aromatic carbocycles. The Kier molecular flexibility index (Phi) is 5.43. The molecular weight excluding hydrogens is 326 g/mol. The van der Waals surface area contributed by atoms with Gasteiger partial charge in [0.1, 0.15) is 5.82 Å². The number of rotatable bonds is 6. The lowest BCUT2D eigenvalue weighted by Crippen LogP contribution is -2.21. The molecule has 6 heteroatoms. The van der Waals surface area contributed by atoms with Crippen molar-refractivity contribution in [3.8, 4) is 11.4 Å². The maximum Gasteiger partial charge on any atom is 0.225 e. The summed E-state index contributed by atoms with van der Waals surface area (Å²) in [7, 11) is 0. The van der Waals surface area contributed by atoms with Crippen LogP contribution in [0, 0.1) is 13.8 Å². The zero-order valence-electron chi connectivity index (χ0n) is 15.2. The highest BCUT2D eigenvalue weighted by Crippen LogP contribution is 2.25. The lowest BCUT2D eigenvalue weighted by atomic mass is 10.1. The molecule has 0 unspecified atom stereocenters. The van der Waals surface area contributed by atoms with Gasteiger partial charge in [-0.05, 0) is 50.1 Å². The zero-order valence-corrected chi connectivity index (χ0v) is 15.2. The van der Waals surface area contributed by atoms with Gasteiger partial charge in [-0.1, -0.05) is 18.2 Å². The van der Waals surface area contributed by atoms with Crippen molar-refractivity contribution in [2.45, 2.75) is 26.8 Å². The third kappa shape index (κ3) is 4.15. The number of anilines is 3. The molecule has 0 fully saturated rings. The molecule has 0 saturated heterocycles. The maximum absolute atomic E-state index is 9.31. The Morgan fingerprint density at radius 1 is 1.04 bits per heavy atom. The first-order chi connectivity index (χ1) is 12.6. The van der Waals surface area contributed by atoms with E-state index in [2.05, 4.69) is 45.5 Å². The van der Waals surface area contributed by atoms with Gasteiger partial charge in [0.05, 0.1) is 18.0 Å². The number of nitrogens with one attached hydrogen (secondary N) is 2. The number of aromatic nitrogens is 3. The SMILES string of the molecule is Cc1cccc(Nc2cc(-c3ccccn3)nc(N[C@@H](C)CO)n2)c1C. The molecule has 0 aliphatic rings. The molecule has 1 atom stereocenters. The third-order valence-electron chi connectivity index (χ3n) is 4.17. The minimum absolute atomic E-state index is 0.00305. The summed E-state index contributed by atoms with van der Waals surface area (Å²) >= 11 is 0. The van der Waals surface area contributed by atoms with Gasteiger partial charge in [0.25, 0.3) is 0 Å². The highest BCUT2D eigenvalue weighted by Gasteiger charge is 2.11. The number of aliphatic hydroxyl groups excluding tert-OH is 1. The predicted molar refractivity (Wildman–Crippen MR) is 105 cm³/mol. The summed E-state index contributed by atoms with van der Waals surface area (Å²) in [4.78, 5) is 13.5. The fraction of sp³-hybridized carbons (Fsp3) is 0.250. The van der Waals surface area contributed by atoms with Gasteiger partial charge in [0.2, 0.25) is 5.95 Å². The van der Waals surface area contributed by atoms with Crippen LogP contribution in [-0.4, -0.2) is 32.7 Å². The van der Waals surface area contributed by atoms with E-state index in [-0.39, 0.29) is 12.6 Å². The smallest absolute Gasteiger partial charge is 0.225 e. The van der Waals surface area contributed by atoms with E-state index >= 15 is 0 Å². The molecule has 0 bridgehead atoms. The highest BCUT2D eigenvalue weighted by atomic mass is 16.3. The van der Waals surface area contributed by atoms with Gasteiger partial charge in [-0.3, -0.25) is 4.98 Å². The van der Waals surface area contributed by atoms with E-state index in [4.69, 9.17) is 0 Å². The Labute approximate surface area is 153 Å². The van der Waals surface area contributed by atoms with E-state index in [0.29, 0.717) is 17.5 Å². The molecule has 0 saturated carbocycles. The predicted octanol–water partition coefficient (Wildman–Crippen LogP) is 3.69. The zero-order chi connectivity index (χ0) is 18.5. The van der Waals surface area contributed by atoms with Crippen molar-refractivity contribution in [2.24, 2.45) is 0 Å². The Balaban J connectivity index is 2.00. The molecule has 0 aliphatic carbocycles. The molecular formula is C20H23N5O. The molecule has 0 spiro atoms. The van der Waals surface area contributed by atoms with Gasteiger partial charge >= 0.3 is 0 Å². The van der Waals surface area contributed by atoms with E-state index in [9.17, 15) is 5.11 Å². The molecule has 2 aromatic heterocycles. The van der Waals surface area contributed by atoms with Crippen molar-refractivity contribution < 1.29 is 5.11 Å². The number of aryl methyl sites for hydroxylation is 1. The Bertz CT molecular complexity index is 883. The first-order valence-corrected chi connectivity index (χ1v) is 8.58. The van der Waals surface area contributed by atoms with E-state index in [1.54, 1.807) is 6.20 Å². The molecule has 3 N–H and O–H groups in total. The average molecular weight is 349 g/mol. The molecule has 26 heavy (non-hydrogen) atoms. The molecule has 0 aliphatic heterocycles. The van der Waals surface area contributed by atoms with Gasteiger partial charge in [0.15, 0.2) is 0 Å². The topological polar surface area (TPSA) is 83.0 Å². The maximum atomic E-state index is 9.31. The summed E-state index contributed by atoms with van der Waals surface area (Å²) in [5.41, 5.74) is 4.85. The highest BCUT2D eigenvalue weighted by molar-refractivity contribution is 5.67. The van der Waals surface area contributed by atoms with Crippen LogP contribution in [0.1, 0.15) is 18.1 Å². The fourth-order valence-corrected chi connectivity index (χ4v) is 2.51. The van der Waals surface area contributed by atoms with Crippen LogP contribution in [-0.2, 0) is 0 Å². The van der Waals surface area contributed by atoms with Crippen molar-refractivity contribution >= 4 is 17.5 Å². The molecule has 2 heterocycles. The summed E-state index contributed by atoms with van der Waals surface area (Å²) in [5, 5.41) is 15.8. The number of nitrogens with zero attached hydrogens (tertiary/aromatic N) is 3. The van der Waals surface area contributed by atoms with Crippen LogP contribution in [0.4, 0.5) is 17.5 Å². The molecule has 3 rings (SSSR count). The quantitative estimate of drug-likeness (QED) is 0.629. The molecule has 3 aromatic rings. The largest absolute Gasteiger partial charge is 0.394 e. The first-order valence-electron chi connectivity index (χ1n) is 8.58. The van der Waals surface area contributed by atoms with Crippen molar-refractivity contribution in [2.75, 3.05) is 17.2 Å². The average Bonchev–Trinajstić information content (AvgIpc) is 2.66. The minimum atomic E-state index is -0.150. The summed E-state index contributed by atoms with van der Waals surface area (Å²) in [5.74, 6) is 1.12. The number of hydrogen-bond donors (Lipinski definition) is 3. The summed E-state index contributed by atoms with van der Waals surface area (Å²) in [6.45, 7) is 6.02. The minimum Gasteiger partial charge on any atom is -0.394 e. The second kappa shape index (κ2) is 7.93. The normalized spacial score (nSPS) is 11.8. The van der Waals surface area contributed by atoms with E-state index < -0.39 is 0 Å². The van der Waals surface area contributed by atoms with Crippen molar-refractivity contribution in [1.29, 1.82) is 0 Å². The fourth-order valence-electron chi connectivity index (χ4n) is 2.51. The molecule has 134 valence electrons. The van der Waals surface area contributed by atoms with Crippen molar-refractivity contribution in [3.63, 3.8) is 0 Å². The van der Waals surface area contributed by atoms with Crippen LogP contribution in [0.25, 0.3) is 11.4 Å². The molecule has 6 nitrogen and oxygen atoms in total. The van der Waals surface area contributed by atoms with Gasteiger partial charge in [-0.25, -0.2) is 4.98 Å². The first kappa shape index (κ1) is 17.8. The standard InChI is InChI=1S/C20H23N5O/c1-13-7-6-9-16(15(13)3)23-19-11-18(17-8-4-5-10-21-17)24-20(25-19)22-14(2)12-26/h4-11,14,26H,12H2,1-3H3,(H2,22,23,24,25)/t14-/m0/s1. The number of hydrogen-bond acceptors (Lipinski definition) is 6. The summed E-state index contributed by atoms with van der Waals surface area (Å²) < 4.78 is 0. The molecule has 0 radical (unpaired) electrons. The van der Waals surface area contributed by atoms with Crippen LogP contribution in [0.15, 0.2) is 48.7 Å². The monoisotopic (exact) mass is 349 g/mol. The van der Waals surface area contributed by atoms with E-state index in [1.807, 2.05) is 43.3 Å². The molecule has 0 amide bonds. The van der Waals surface area contributed by atoms with Crippen LogP contribution >= 0.6 is 0 Å². The van der Waals surface area contributed by atoms with Crippen LogP contribution in [0.2, 0.25) is 0 Å². The Hall–Kier alpha value is -2.99. The summed E-state index contributed by atoms with van der Waals surface area (Å²) in [6.07, 6.45) is 1.73. The third-order valence-corrected chi connectivity index (χ3v) is 4.17. The van der Waals surface area contributed by atoms with Crippen molar-refractivity contribution in [3.05, 3.63) is 59.8 Å². The number of benzene rings is 1. The van der Waals surface area contributed by atoms with E-state index in [1.165, 1.54) is 11.1 Å². The number of pyridine rings is 1. The van der Waals surface area contributed by atoms with Gasteiger partial charge in [-0.15, -0.1) is 0 Å².